The molecule has 0 radical (unpaired) electrons. The van der Waals surface area contributed by atoms with Gasteiger partial charge in [0.1, 0.15) is 5.82 Å². The molecule has 150 valence electrons. The highest BCUT2D eigenvalue weighted by atomic mass is 19.1. The van der Waals surface area contributed by atoms with Crippen molar-refractivity contribution in [1.29, 1.82) is 0 Å². The standard InChI is InChI=1S/C21H27FN4O2/c1-24-14-16(13-23-24)20-19(15-25-9-5-2-6-10-25)28-12-11-26(20)21(27)17-7-3-4-8-18(17)22/h3-4,7-8,13-14,19-20H,2,5-6,9-12,15H2,1H3/t19-,20-/m0/s1. The molecule has 7 heteroatoms. The van der Waals surface area contributed by atoms with E-state index in [1.54, 1.807) is 34.0 Å². The highest BCUT2D eigenvalue weighted by Crippen LogP contribution is 2.32. The first-order valence-corrected chi connectivity index (χ1v) is 10.0. The SMILES string of the molecule is Cn1cc([C@H]2[C@H](CN3CCCCC3)OCCN2C(=O)c2ccccc2F)cn1. The van der Waals surface area contributed by atoms with Gasteiger partial charge in [0.15, 0.2) is 0 Å². The third-order valence-electron chi connectivity index (χ3n) is 5.67. The van der Waals surface area contributed by atoms with Crippen LogP contribution >= 0.6 is 0 Å². The fourth-order valence-electron chi connectivity index (χ4n) is 4.29. The Morgan fingerprint density at radius 1 is 1.21 bits per heavy atom. The Labute approximate surface area is 164 Å². The smallest absolute Gasteiger partial charge is 0.257 e. The van der Waals surface area contributed by atoms with Gasteiger partial charge in [0.2, 0.25) is 0 Å². The number of amides is 1. The number of rotatable bonds is 4. The molecule has 3 heterocycles. The van der Waals surface area contributed by atoms with Crippen molar-refractivity contribution in [2.24, 2.45) is 7.05 Å². The lowest BCUT2D eigenvalue weighted by Gasteiger charge is -2.43. The summed E-state index contributed by atoms with van der Waals surface area (Å²) in [5.74, 6) is -0.782. The molecule has 2 aliphatic rings. The lowest BCUT2D eigenvalue weighted by atomic mass is 9.98. The van der Waals surface area contributed by atoms with Crippen LogP contribution < -0.4 is 0 Å². The monoisotopic (exact) mass is 386 g/mol. The summed E-state index contributed by atoms with van der Waals surface area (Å²) in [6.45, 7) is 3.76. The second-order valence-corrected chi connectivity index (χ2v) is 7.64. The quantitative estimate of drug-likeness (QED) is 0.811. The molecule has 1 aromatic heterocycles. The minimum atomic E-state index is -0.489. The Morgan fingerprint density at radius 2 is 2.00 bits per heavy atom. The lowest BCUT2D eigenvalue weighted by Crippen LogP contribution is -2.52. The number of benzene rings is 1. The van der Waals surface area contributed by atoms with Crippen LogP contribution in [0.25, 0.3) is 0 Å². The number of hydrogen-bond donors (Lipinski definition) is 0. The Bertz CT molecular complexity index is 818. The number of hydrogen-bond acceptors (Lipinski definition) is 4. The molecule has 0 saturated carbocycles. The topological polar surface area (TPSA) is 50.6 Å². The van der Waals surface area contributed by atoms with Gasteiger partial charge in [-0.05, 0) is 38.1 Å². The molecule has 2 atom stereocenters. The highest BCUT2D eigenvalue weighted by Gasteiger charge is 2.39. The van der Waals surface area contributed by atoms with E-state index in [0.29, 0.717) is 13.2 Å². The van der Waals surface area contributed by atoms with Gasteiger partial charge in [0.05, 0.1) is 30.5 Å². The fraction of sp³-hybridized carbons (Fsp3) is 0.524. The predicted octanol–water partition coefficient (Wildman–Crippen LogP) is 2.63. The highest BCUT2D eigenvalue weighted by molar-refractivity contribution is 5.94. The molecular formula is C21H27FN4O2. The van der Waals surface area contributed by atoms with E-state index in [-0.39, 0.29) is 23.6 Å². The zero-order chi connectivity index (χ0) is 19.5. The van der Waals surface area contributed by atoms with Crippen LogP contribution in [0.1, 0.15) is 41.2 Å². The maximum absolute atomic E-state index is 14.3. The number of carbonyl (C=O) groups is 1. The first kappa shape index (κ1) is 19.1. The second-order valence-electron chi connectivity index (χ2n) is 7.64. The predicted molar refractivity (Wildman–Crippen MR) is 103 cm³/mol. The van der Waals surface area contributed by atoms with Crippen molar-refractivity contribution in [3.63, 3.8) is 0 Å². The third-order valence-corrected chi connectivity index (χ3v) is 5.67. The van der Waals surface area contributed by atoms with Crippen LogP contribution in [0.2, 0.25) is 0 Å². The molecule has 2 fully saturated rings. The number of likely N-dealkylation sites (tertiary alicyclic amines) is 1. The summed E-state index contributed by atoms with van der Waals surface area (Å²) in [4.78, 5) is 17.4. The summed E-state index contributed by atoms with van der Waals surface area (Å²) < 4.78 is 22.2. The van der Waals surface area contributed by atoms with Gasteiger partial charge >= 0.3 is 0 Å². The number of ether oxygens (including phenoxy) is 1. The molecule has 2 saturated heterocycles. The summed E-state index contributed by atoms with van der Waals surface area (Å²) in [6.07, 6.45) is 7.21. The van der Waals surface area contributed by atoms with Crippen molar-refractivity contribution in [2.45, 2.75) is 31.4 Å². The van der Waals surface area contributed by atoms with E-state index in [1.165, 1.54) is 25.3 Å². The molecule has 0 unspecified atom stereocenters. The average molecular weight is 386 g/mol. The molecule has 0 bridgehead atoms. The maximum atomic E-state index is 14.3. The normalized spacial score (nSPS) is 23.7. The number of piperidine rings is 1. The van der Waals surface area contributed by atoms with Crippen molar-refractivity contribution in [3.8, 4) is 0 Å². The van der Waals surface area contributed by atoms with E-state index in [0.717, 1.165) is 25.2 Å². The fourth-order valence-corrected chi connectivity index (χ4v) is 4.29. The molecule has 2 aliphatic heterocycles. The van der Waals surface area contributed by atoms with Crippen LogP contribution in [0.3, 0.4) is 0 Å². The zero-order valence-corrected chi connectivity index (χ0v) is 16.3. The minimum Gasteiger partial charge on any atom is -0.373 e. The minimum absolute atomic E-state index is 0.106. The van der Waals surface area contributed by atoms with E-state index < -0.39 is 5.82 Å². The largest absolute Gasteiger partial charge is 0.373 e. The molecule has 1 aromatic carbocycles. The first-order valence-electron chi connectivity index (χ1n) is 10.0. The van der Waals surface area contributed by atoms with Crippen LogP contribution in [-0.2, 0) is 11.8 Å². The molecule has 0 aliphatic carbocycles. The van der Waals surface area contributed by atoms with E-state index in [9.17, 15) is 9.18 Å². The molecule has 0 spiro atoms. The van der Waals surface area contributed by atoms with Gasteiger partial charge in [-0.1, -0.05) is 18.6 Å². The van der Waals surface area contributed by atoms with Gasteiger partial charge in [-0.15, -0.1) is 0 Å². The van der Waals surface area contributed by atoms with Gasteiger partial charge in [0, 0.05) is 31.9 Å². The van der Waals surface area contributed by atoms with Crippen LogP contribution in [0, 0.1) is 5.82 Å². The van der Waals surface area contributed by atoms with Crippen molar-refractivity contribution in [3.05, 3.63) is 53.6 Å². The number of halogens is 1. The molecule has 28 heavy (non-hydrogen) atoms. The second kappa shape index (κ2) is 8.41. The van der Waals surface area contributed by atoms with Crippen LogP contribution in [0.4, 0.5) is 4.39 Å². The van der Waals surface area contributed by atoms with Crippen LogP contribution in [0.15, 0.2) is 36.7 Å². The van der Waals surface area contributed by atoms with E-state index in [4.69, 9.17) is 4.74 Å². The van der Waals surface area contributed by atoms with Crippen LogP contribution in [-0.4, -0.2) is 64.4 Å². The molecule has 2 aromatic rings. The Hall–Kier alpha value is -2.25. The average Bonchev–Trinajstić information content (AvgIpc) is 3.14. The number of morpholine rings is 1. The van der Waals surface area contributed by atoms with Gasteiger partial charge in [0.25, 0.3) is 5.91 Å². The summed E-state index contributed by atoms with van der Waals surface area (Å²) in [7, 11) is 1.86. The van der Waals surface area contributed by atoms with Crippen molar-refractivity contribution >= 4 is 5.91 Å². The third kappa shape index (κ3) is 3.95. The molecule has 4 rings (SSSR count). The molecular weight excluding hydrogens is 359 g/mol. The van der Waals surface area contributed by atoms with E-state index >= 15 is 0 Å². The van der Waals surface area contributed by atoms with Gasteiger partial charge in [-0.25, -0.2) is 4.39 Å². The lowest BCUT2D eigenvalue weighted by molar-refractivity contribution is -0.0742. The van der Waals surface area contributed by atoms with Gasteiger partial charge in [-0.2, -0.15) is 5.10 Å². The first-order chi connectivity index (χ1) is 13.6. The number of carbonyl (C=O) groups excluding carboxylic acids is 1. The van der Waals surface area contributed by atoms with E-state index in [1.807, 2.05) is 13.2 Å². The zero-order valence-electron chi connectivity index (χ0n) is 16.3. The van der Waals surface area contributed by atoms with E-state index in [2.05, 4.69) is 10.00 Å². The Morgan fingerprint density at radius 3 is 2.71 bits per heavy atom. The van der Waals surface area contributed by atoms with Crippen molar-refractivity contribution in [1.82, 2.24) is 19.6 Å². The number of aryl methyl sites for hydroxylation is 1. The number of nitrogens with zero attached hydrogens (tertiary/aromatic N) is 4. The van der Waals surface area contributed by atoms with Crippen molar-refractivity contribution in [2.75, 3.05) is 32.8 Å². The summed E-state index contributed by atoms with van der Waals surface area (Å²) in [6, 6.07) is 5.89. The summed E-state index contributed by atoms with van der Waals surface area (Å²) >= 11 is 0. The van der Waals surface area contributed by atoms with Gasteiger partial charge in [-0.3, -0.25) is 9.48 Å². The maximum Gasteiger partial charge on any atom is 0.257 e. The summed E-state index contributed by atoms with van der Waals surface area (Å²) in [5.41, 5.74) is 1.03. The molecule has 0 N–H and O–H groups in total. The molecule has 6 nitrogen and oxygen atoms in total. The van der Waals surface area contributed by atoms with Crippen molar-refractivity contribution < 1.29 is 13.9 Å². The van der Waals surface area contributed by atoms with Gasteiger partial charge < -0.3 is 14.5 Å². The Balaban J connectivity index is 1.63. The summed E-state index contributed by atoms with van der Waals surface area (Å²) in [5, 5.41) is 4.29. The molecule has 1 amide bonds. The Kier molecular flexibility index (Phi) is 5.73. The van der Waals surface area contributed by atoms with Crippen LogP contribution in [0.5, 0.6) is 0 Å². The number of aromatic nitrogens is 2.